The van der Waals surface area contributed by atoms with E-state index in [1.165, 1.54) is 19.2 Å². The van der Waals surface area contributed by atoms with Crippen molar-refractivity contribution in [3.05, 3.63) is 11.1 Å². The smallest absolute Gasteiger partial charge is 0.242 e. The number of ether oxygens (including phenoxy) is 2. The zero-order valence-corrected chi connectivity index (χ0v) is 12.3. The van der Waals surface area contributed by atoms with Gasteiger partial charge in [-0.25, -0.2) is 4.98 Å². The van der Waals surface area contributed by atoms with Gasteiger partial charge < -0.3 is 19.0 Å². The van der Waals surface area contributed by atoms with E-state index in [4.69, 9.17) is 21.7 Å². The Balaban J connectivity index is 1.67. The highest BCUT2D eigenvalue weighted by atomic mass is 32.1. The molecule has 0 radical (unpaired) electrons. The van der Waals surface area contributed by atoms with E-state index in [0.29, 0.717) is 10.7 Å². The molecule has 1 aliphatic rings. The van der Waals surface area contributed by atoms with E-state index >= 15 is 0 Å². The Morgan fingerprint density at radius 1 is 1.45 bits per heavy atom. The van der Waals surface area contributed by atoms with Gasteiger partial charge in [0.15, 0.2) is 10.4 Å². The van der Waals surface area contributed by atoms with Gasteiger partial charge in [0.1, 0.15) is 11.8 Å². The molecule has 108 valence electrons. The van der Waals surface area contributed by atoms with Gasteiger partial charge in [0.05, 0.1) is 7.11 Å². The number of hydrogen-bond acceptors (Lipinski definition) is 5. The molecular formula is C13H18N4O2S. The fourth-order valence-corrected chi connectivity index (χ4v) is 2.45. The average Bonchev–Trinajstić information content (AvgIpc) is 3.22. The number of H-pyrrole nitrogens is 1. The summed E-state index contributed by atoms with van der Waals surface area (Å²) in [5.74, 6) is 1.33. The minimum atomic E-state index is 0.518. The van der Waals surface area contributed by atoms with Gasteiger partial charge in [0.25, 0.3) is 0 Å². The monoisotopic (exact) mass is 294 g/mol. The van der Waals surface area contributed by atoms with Gasteiger partial charge in [0.2, 0.25) is 5.88 Å². The first kappa shape index (κ1) is 13.5. The summed E-state index contributed by atoms with van der Waals surface area (Å²) in [5, 5.41) is 0. The molecule has 1 saturated carbocycles. The first-order chi connectivity index (χ1) is 9.79. The van der Waals surface area contributed by atoms with Crippen molar-refractivity contribution < 1.29 is 9.47 Å². The quantitative estimate of drug-likeness (QED) is 0.627. The van der Waals surface area contributed by atoms with Crippen molar-refractivity contribution in [2.75, 3.05) is 20.3 Å². The number of aromatic nitrogens is 4. The number of nitrogens with zero attached hydrogens (tertiary/aromatic N) is 3. The van der Waals surface area contributed by atoms with Gasteiger partial charge in [-0.05, 0) is 37.4 Å². The summed E-state index contributed by atoms with van der Waals surface area (Å²) in [6.45, 7) is 2.44. The highest BCUT2D eigenvalue weighted by Crippen LogP contribution is 2.28. The molecule has 0 spiro atoms. The first-order valence-corrected chi connectivity index (χ1v) is 7.25. The Kier molecular flexibility index (Phi) is 3.98. The fourth-order valence-electron chi connectivity index (χ4n) is 2.17. The molecule has 20 heavy (non-hydrogen) atoms. The second-order valence-corrected chi connectivity index (χ2v) is 5.42. The molecule has 1 aliphatic carbocycles. The van der Waals surface area contributed by atoms with Crippen molar-refractivity contribution in [1.82, 2.24) is 19.5 Å². The van der Waals surface area contributed by atoms with Crippen molar-refractivity contribution in [3.8, 4) is 5.88 Å². The predicted molar refractivity (Wildman–Crippen MR) is 77.4 cm³/mol. The molecule has 1 N–H and O–H groups in total. The zero-order valence-electron chi connectivity index (χ0n) is 11.5. The third-order valence-corrected chi connectivity index (χ3v) is 3.76. The third kappa shape index (κ3) is 2.83. The molecule has 0 atom stereocenters. The van der Waals surface area contributed by atoms with Crippen molar-refractivity contribution >= 4 is 23.4 Å². The number of aryl methyl sites for hydroxylation is 1. The van der Waals surface area contributed by atoms with E-state index < -0.39 is 0 Å². The lowest BCUT2D eigenvalue weighted by Gasteiger charge is -2.05. The van der Waals surface area contributed by atoms with Crippen molar-refractivity contribution in [2.45, 2.75) is 25.8 Å². The van der Waals surface area contributed by atoms with Crippen LogP contribution in [0.1, 0.15) is 19.3 Å². The Hall–Kier alpha value is -1.47. The van der Waals surface area contributed by atoms with Gasteiger partial charge in [-0.15, -0.1) is 0 Å². The van der Waals surface area contributed by atoms with Gasteiger partial charge >= 0.3 is 0 Å². The van der Waals surface area contributed by atoms with Crippen molar-refractivity contribution in [3.63, 3.8) is 0 Å². The summed E-state index contributed by atoms with van der Waals surface area (Å²) < 4.78 is 13.5. The number of aromatic amines is 1. The lowest BCUT2D eigenvalue weighted by Crippen LogP contribution is -2.05. The normalized spacial score (nSPS) is 14.8. The van der Waals surface area contributed by atoms with Gasteiger partial charge in [-0.2, -0.15) is 4.98 Å². The molecule has 2 heterocycles. The van der Waals surface area contributed by atoms with Crippen LogP contribution in [-0.4, -0.2) is 39.8 Å². The summed E-state index contributed by atoms with van der Waals surface area (Å²) in [5.41, 5.74) is 1.53. The summed E-state index contributed by atoms with van der Waals surface area (Å²) in [6.07, 6.45) is 5.05. The van der Waals surface area contributed by atoms with Crippen LogP contribution in [-0.2, 0) is 11.3 Å². The van der Waals surface area contributed by atoms with Crippen LogP contribution < -0.4 is 4.74 Å². The molecule has 0 unspecified atom stereocenters. The largest absolute Gasteiger partial charge is 0.479 e. The summed E-state index contributed by atoms with van der Waals surface area (Å²) in [6, 6.07) is 0. The number of nitrogens with one attached hydrogen (secondary N) is 1. The summed E-state index contributed by atoms with van der Waals surface area (Å²) >= 11 is 5.33. The van der Waals surface area contributed by atoms with Crippen LogP contribution >= 0.6 is 12.2 Å². The second-order valence-electron chi connectivity index (χ2n) is 5.04. The Labute approximate surface area is 122 Å². The van der Waals surface area contributed by atoms with Crippen LogP contribution in [0.25, 0.3) is 11.2 Å². The Morgan fingerprint density at radius 2 is 2.30 bits per heavy atom. The van der Waals surface area contributed by atoms with Crippen LogP contribution in [0.2, 0.25) is 0 Å². The molecule has 0 bridgehead atoms. The zero-order chi connectivity index (χ0) is 13.9. The molecule has 1 fully saturated rings. The molecule has 3 rings (SSSR count). The first-order valence-electron chi connectivity index (χ1n) is 6.85. The SMILES string of the molecule is COc1ncnc2c1[nH]c(=S)n2CCCOCC1CC1. The van der Waals surface area contributed by atoms with Crippen LogP contribution in [0.5, 0.6) is 5.88 Å². The maximum atomic E-state index is 5.64. The Bertz CT molecular complexity index is 647. The minimum absolute atomic E-state index is 0.518. The number of fused-ring (bicyclic) bond motifs is 1. The predicted octanol–water partition coefficient (Wildman–Crippen LogP) is 2.31. The van der Waals surface area contributed by atoms with Crippen LogP contribution in [0.3, 0.4) is 0 Å². The highest BCUT2D eigenvalue weighted by molar-refractivity contribution is 7.71. The third-order valence-electron chi connectivity index (χ3n) is 3.44. The second kappa shape index (κ2) is 5.88. The summed E-state index contributed by atoms with van der Waals surface area (Å²) in [4.78, 5) is 11.5. The average molecular weight is 294 g/mol. The molecule has 2 aromatic rings. The molecule has 7 heteroatoms. The molecule has 0 amide bonds. The van der Waals surface area contributed by atoms with E-state index in [9.17, 15) is 0 Å². The molecule has 0 aliphatic heterocycles. The van der Waals surface area contributed by atoms with Crippen LogP contribution in [0.15, 0.2) is 6.33 Å². The molecular weight excluding hydrogens is 276 g/mol. The number of methoxy groups -OCH3 is 1. The van der Waals surface area contributed by atoms with E-state index in [-0.39, 0.29) is 0 Å². The maximum absolute atomic E-state index is 5.64. The van der Waals surface area contributed by atoms with Gasteiger partial charge in [-0.3, -0.25) is 0 Å². The van der Waals surface area contributed by atoms with Crippen molar-refractivity contribution in [1.29, 1.82) is 0 Å². The standard InChI is InChI=1S/C13H18N4O2S/c1-18-12-10-11(14-8-15-12)17(13(20)16-10)5-2-6-19-7-9-3-4-9/h8-9H,2-7H2,1H3,(H,16,20). The Morgan fingerprint density at radius 3 is 3.05 bits per heavy atom. The van der Waals surface area contributed by atoms with E-state index in [1.54, 1.807) is 7.11 Å². The van der Waals surface area contributed by atoms with Crippen LogP contribution in [0.4, 0.5) is 0 Å². The highest BCUT2D eigenvalue weighted by Gasteiger charge is 2.20. The summed E-state index contributed by atoms with van der Waals surface area (Å²) in [7, 11) is 1.59. The van der Waals surface area contributed by atoms with E-state index in [0.717, 1.165) is 43.3 Å². The number of imidazole rings is 1. The number of rotatable bonds is 7. The topological polar surface area (TPSA) is 65.0 Å². The van der Waals surface area contributed by atoms with Crippen molar-refractivity contribution in [2.24, 2.45) is 5.92 Å². The fraction of sp³-hybridized carbons (Fsp3) is 0.615. The molecule has 2 aromatic heterocycles. The van der Waals surface area contributed by atoms with Crippen LogP contribution in [0, 0.1) is 10.7 Å². The van der Waals surface area contributed by atoms with E-state index in [2.05, 4.69) is 15.0 Å². The lowest BCUT2D eigenvalue weighted by molar-refractivity contribution is 0.119. The molecule has 0 saturated heterocycles. The van der Waals surface area contributed by atoms with E-state index in [1.807, 2.05) is 4.57 Å². The minimum Gasteiger partial charge on any atom is -0.479 e. The maximum Gasteiger partial charge on any atom is 0.242 e. The lowest BCUT2D eigenvalue weighted by atomic mass is 10.4. The van der Waals surface area contributed by atoms with Gasteiger partial charge in [-0.1, -0.05) is 0 Å². The molecule has 6 nitrogen and oxygen atoms in total. The molecule has 0 aromatic carbocycles. The number of hydrogen-bond donors (Lipinski definition) is 1. The van der Waals surface area contributed by atoms with Gasteiger partial charge in [0, 0.05) is 19.8 Å².